The molecule has 0 fully saturated rings. The fraction of sp³-hybridized carbons (Fsp3) is 0.600. The number of nitrogens with one attached hydrogen (secondary N) is 1. The number of aryl methyl sites for hydroxylation is 2. The third-order valence-electron chi connectivity index (χ3n) is 3.31. The maximum Gasteiger partial charge on any atom is 0.337 e. The molecular formula is C15H24N2O3. The molecular weight excluding hydrogens is 256 g/mol. The van der Waals surface area contributed by atoms with Crippen molar-refractivity contribution in [3.05, 3.63) is 23.0 Å². The van der Waals surface area contributed by atoms with Crippen LogP contribution in [0.25, 0.3) is 0 Å². The first-order chi connectivity index (χ1) is 9.36. The maximum absolute atomic E-state index is 11.9. The molecule has 0 aliphatic carbocycles. The van der Waals surface area contributed by atoms with Crippen molar-refractivity contribution in [1.29, 1.82) is 0 Å². The van der Waals surface area contributed by atoms with E-state index in [0.717, 1.165) is 6.42 Å². The average Bonchev–Trinajstić information content (AvgIpc) is 2.64. The van der Waals surface area contributed by atoms with Crippen LogP contribution in [0.4, 0.5) is 0 Å². The highest BCUT2D eigenvalue weighted by Crippen LogP contribution is 2.18. The number of aromatic nitrogens is 1. The van der Waals surface area contributed by atoms with E-state index in [2.05, 4.69) is 19.2 Å². The summed E-state index contributed by atoms with van der Waals surface area (Å²) >= 11 is 0. The Bertz CT molecular complexity index is 490. The summed E-state index contributed by atoms with van der Waals surface area (Å²) in [6.07, 6.45) is 2.83. The van der Waals surface area contributed by atoms with Gasteiger partial charge in [-0.15, -0.1) is 0 Å². The van der Waals surface area contributed by atoms with Gasteiger partial charge in [0, 0.05) is 25.0 Å². The van der Waals surface area contributed by atoms with E-state index in [1.54, 1.807) is 13.1 Å². The van der Waals surface area contributed by atoms with E-state index in [1.807, 2.05) is 11.5 Å². The van der Waals surface area contributed by atoms with Gasteiger partial charge in [0.05, 0.1) is 12.0 Å². The highest BCUT2D eigenvalue weighted by Gasteiger charge is 2.20. The molecule has 20 heavy (non-hydrogen) atoms. The minimum Gasteiger partial charge on any atom is -0.478 e. The zero-order valence-electron chi connectivity index (χ0n) is 12.7. The van der Waals surface area contributed by atoms with Gasteiger partial charge in [0.1, 0.15) is 0 Å². The van der Waals surface area contributed by atoms with E-state index in [1.165, 1.54) is 0 Å². The zero-order chi connectivity index (χ0) is 15.3. The normalized spacial score (nSPS) is 10.8. The molecule has 1 aromatic heterocycles. The summed E-state index contributed by atoms with van der Waals surface area (Å²) in [5.74, 6) is -0.563. The van der Waals surface area contributed by atoms with Crippen molar-refractivity contribution in [2.24, 2.45) is 5.92 Å². The number of rotatable bonds is 7. The molecule has 0 bridgehead atoms. The van der Waals surface area contributed by atoms with Crippen LogP contribution in [0.1, 0.15) is 48.8 Å². The molecule has 0 saturated carbocycles. The largest absolute Gasteiger partial charge is 0.478 e. The number of carbonyl (C=O) groups is 2. The van der Waals surface area contributed by atoms with Crippen LogP contribution in [-0.4, -0.2) is 28.1 Å². The van der Waals surface area contributed by atoms with Gasteiger partial charge in [0.25, 0.3) is 0 Å². The Balaban J connectivity index is 2.80. The molecule has 1 aromatic rings. The quantitative estimate of drug-likeness (QED) is 0.804. The number of aromatic carboxylic acids is 1. The van der Waals surface area contributed by atoms with Crippen LogP contribution >= 0.6 is 0 Å². The second-order valence-corrected chi connectivity index (χ2v) is 5.43. The monoisotopic (exact) mass is 280 g/mol. The van der Waals surface area contributed by atoms with Crippen molar-refractivity contribution in [2.75, 3.05) is 6.54 Å². The second-order valence-electron chi connectivity index (χ2n) is 5.43. The van der Waals surface area contributed by atoms with E-state index in [4.69, 9.17) is 0 Å². The van der Waals surface area contributed by atoms with Crippen LogP contribution in [0.5, 0.6) is 0 Å². The van der Waals surface area contributed by atoms with Crippen molar-refractivity contribution >= 4 is 11.9 Å². The van der Waals surface area contributed by atoms with Crippen LogP contribution in [0, 0.1) is 12.8 Å². The molecule has 1 heterocycles. The third-order valence-corrected chi connectivity index (χ3v) is 3.31. The predicted octanol–water partition coefficient (Wildman–Crippen LogP) is 2.22. The molecule has 0 unspecified atom stereocenters. The van der Waals surface area contributed by atoms with E-state index in [9.17, 15) is 14.7 Å². The van der Waals surface area contributed by atoms with Gasteiger partial charge >= 0.3 is 5.97 Å². The lowest BCUT2D eigenvalue weighted by Crippen LogP contribution is -2.28. The summed E-state index contributed by atoms with van der Waals surface area (Å²) in [4.78, 5) is 23.2. The molecule has 2 N–H and O–H groups in total. The molecule has 0 aliphatic heterocycles. The average molecular weight is 280 g/mol. The first-order valence-corrected chi connectivity index (χ1v) is 7.05. The highest BCUT2D eigenvalue weighted by molar-refractivity contribution is 5.93. The zero-order valence-corrected chi connectivity index (χ0v) is 12.7. The smallest absolute Gasteiger partial charge is 0.337 e. The molecule has 0 aliphatic rings. The first-order valence-electron chi connectivity index (χ1n) is 7.05. The topological polar surface area (TPSA) is 71.3 Å². The number of amides is 1. The van der Waals surface area contributed by atoms with Crippen LogP contribution in [0.15, 0.2) is 6.20 Å². The number of hydrogen-bond acceptors (Lipinski definition) is 2. The lowest BCUT2D eigenvalue weighted by atomic mass is 10.1. The van der Waals surface area contributed by atoms with E-state index in [0.29, 0.717) is 30.3 Å². The summed E-state index contributed by atoms with van der Waals surface area (Å²) in [7, 11) is 0. The molecule has 1 rings (SSSR count). The third kappa shape index (κ3) is 4.11. The Morgan fingerprint density at radius 2 is 2.05 bits per heavy atom. The molecule has 0 aromatic carbocycles. The van der Waals surface area contributed by atoms with Gasteiger partial charge in [-0.05, 0) is 31.7 Å². The summed E-state index contributed by atoms with van der Waals surface area (Å²) in [5.41, 5.74) is 1.54. The molecule has 0 atom stereocenters. The number of carboxylic acids is 1. The van der Waals surface area contributed by atoms with E-state index in [-0.39, 0.29) is 17.9 Å². The standard InChI is InChI=1S/C15H24N2O3/c1-5-17-9-11(4)14(15(19)20)12(17)8-13(18)16-7-6-10(2)3/h9-10H,5-8H2,1-4H3,(H,16,18)(H,19,20). The van der Waals surface area contributed by atoms with Gasteiger partial charge in [0.2, 0.25) is 5.91 Å². The number of carboxylic acid groups (broad SMARTS) is 1. The van der Waals surface area contributed by atoms with Crippen molar-refractivity contribution in [1.82, 2.24) is 9.88 Å². The molecule has 5 heteroatoms. The van der Waals surface area contributed by atoms with Gasteiger partial charge in [0.15, 0.2) is 0 Å². The van der Waals surface area contributed by atoms with Crippen molar-refractivity contribution < 1.29 is 14.7 Å². The molecule has 112 valence electrons. The fourth-order valence-electron chi connectivity index (χ4n) is 2.23. The molecule has 5 nitrogen and oxygen atoms in total. The lowest BCUT2D eigenvalue weighted by Gasteiger charge is -2.10. The first kappa shape index (κ1) is 16.3. The molecule has 0 spiro atoms. The van der Waals surface area contributed by atoms with Crippen LogP contribution < -0.4 is 5.32 Å². The minimum absolute atomic E-state index is 0.113. The second kappa shape index (κ2) is 7.12. The number of hydrogen-bond donors (Lipinski definition) is 2. The lowest BCUT2D eigenvalue weighted by molar-refractivity contribution is -0.120. The van der Waals surface area contributed by atoms with Crippen molar-refractivity contribution in [2.45, 2.75) is 47.1 Å². The minimum atomic E-state index is -0.973. The fourth-order valence-corrected chi connectivity index (χ4v) is 2.23. The van der Waals surface area contributed by atoms with E-state index < -0.39 is 5.97 Å². The maximum atomic E-state index is 11.9. The van der Waals surface area contributed by atoms with Crippen LogP contribution in [-0.2, 0) is 17.8 Å². The van der Waals surface area contributed by atoms with E-state index >= 15 is 0 Å². The Morgan fingerprint density at radius 3 is 2.55 bits per heavy atom. The van der Waals surface area contributed by atoms with Crippen molar-refractivity contribution in [3.8, 4) is 0 Å². The van der Waals surface area contributed by atoms with Gasteiger partial charge in [-0.2, -0.15) is 0 Å². The van der Waals surface area contributed by atoms with Crippen LogP contribution in [0.2, 0.25) is 0 Å². The van der Waals surface area contributed by atoms with Crippen LogP contribution in [0.3, 0.4) is 0 Å². The molecule has 0 saturated heterocycles. The molecule has 1 amide bonds. The summed E-state index contributed by atoms with van der Waals surface area (Å²) < 4.78 is 1.83. The Morgan fingerprint density at radius 1 is 1.40 bits per heavy atom. The van der Waals surface area contributed by atoms with Gasteiger partial charge in [-0.3, -0.25) is 4.79 Å². The summed E-state index contributed by atoms with van der Waals surface area (Å²) in [6.45, 7) is 9.18. The SMILES string of the molecule is CCn1cc(C)c(C(=O)O)c1CC(=O)NCCC(C)C. The Hall–Kier alpha value is -1.78. The van der Waals surface area contributed by atoms with Gasteiger partial charge in [-0.1, -0.05) is 13.8 Å². The van der Waals surface area contributed by atoms with Crippen molar-refractivity contribution in [3.63, 3.8) is 0 Å². The van der Waals surface area contributed by atoms with Gasteiger partial charge in [-0.25, -0.2) is 4.79 Å². The summed E-state index contributed by atoms with van der Waals surface area (Å²) in [5, 5.41) is 12.1. The van der Waals surface area contributed by atoms with Gasteiger partial charge < -0.3 is 15.0 Å². The number of carbonyl (C=O) groups excluding carboxylic acids is 1. The predicted molar refractivity (Wildman–Crippen MR) is 78.0 cm³/mol. The Labute approximate surface area is 120 Å². The molecule has 0 radical (unpaired) electrons. The summed E-state index contributed by atoms with van der Waals surface area (Å²) in [6, 6.07) is 0. The highest BCUT2D eigenvalue weighted by atomic mass is 16.4. The number of nitrogens with zero attached hydrogens (tertiary/aromatic N) is 1. The Kier molecular flexibility index (Phi) is 5.80.